The number of carbonyl (C=O) groups excluding carboxylic acids is 1. The Hall–Kier alpha value is -2.36. The van der Waals surface area contributed by atoms with Crippen molar-refractivity contribution in [1.82, 2.24) is 0 Å². The molecule has 0 saturated carbocycles. The summed E-state index contributed by atoms with van der Waals surface area (Å²) in [6.45, 7) is 0.0907. The lowest BCUT2D eigenvalue weighted by atomic mass is 10.2. The molecular weight excluding hydrogens is 233 g/mol. The Morgan fingerprint density at radius 2 is 1.78 bits per heavy atom. The van der Waals surface area contributed by atoms with Crippen LogP contribution in [0.5, 0.6) is 0 Å². The third kappa shape index (κ3) is 2.85. The van der Waals surface area contributed by atoms with Gasteiger partial charge < -0.3 is 10.5 Å². The normalized spacial score (nSPS) is 10.1. The highest BCUT2D eigenvalue weighted by molar-refractivity contribution is 5.94. The average molecular weight is 245 g/mol. The van der Waals surface area contributed by atoms with E-state index in [1.165, 1.54) is 12.1 Å². The highest BCUT2D eigenvalue weighted by Crippen LogP contribution is 2.13. The molecule has 0 amide bonds. The predicted octanol–water partition coefficient (Wildman–Crippen LogP) is 2.76. The smallest absolute Gasteiger partial charge is 0.340 e. The first kappa shape index (κ1) is 12.1. The van der Waals surface area contributed by atoms with Crippen molar-refractivity contribution in [2.45, 2.75) is 6.61 Å². The second kappa shape index (κ2) is 5.31. The summed E-state index contributed by atoms with van der Waals surface area (Å²) in [6.07, 6.45) is 0. The SMILES string of the molecule is Nc1ccccc1C(=O)OCc1ccc(F)cc1. The van der Waals surface area contributed by atoms with Gasteiger partial charge in [-0.3, -0.25) is 0 Å². The second-order valence-corrected chi connectivity index (χ2v) is 3.79. The summed E-state index contributed by atoms with van der Waals surface area (Å²) >= 11 is 0. The molecule has 0 spiro atoms. The number of carbonyl (C=O) groups is 1. The minimum atomic E-state index is -0.488. The zero-order valence-corrected chi connectivity index (χ0v) is 9.60. The Kier molecular flexibility index (Phi) is 3.57. The van der Waals surface area contributed by atoms with Crippen molar-refractivity contribution in [3.05, 3.63) is 65.5 Å². The molecule has 3 nitrogen and oxygen atoms in total. The van der Waals surface area contributed by atoms with Crippen LogP contribution < -0.4 is 5.73 Å². The van der Waals surface area contributed by atoms with Crippen LogP contribution in [0.1, 0.15) is 15.9 Å². The fourth-order valence-electron chi connectivity index (χ4n) is 1.49. The minimum Gasteiger partial charge on any atom is -0.457 e. The summed E-state index contributed by atoms with van der Waals surface area (Å²) in [6, 6.07) is 12.5. The lowest BCUT2D eigenvalue weighted by molar-refractivity contribution is 0.0474. The van der Waals surface area contributed by atoms with Gasteiger partial charge in [-0.15, -0.1) is 0 Å². The molecule has 0 aliphatic heterocycles. The van der Waals surface area contributed by atoms with Crippen molar-refractivity contribution in [3.8, 4) is 0 Å². The maximum Gasteiger partial charge on any atom is 0.340 e. The van der Waals surface area contributed by atoms with E-state index in [-0.39, 0.29) is 12.4 Å². The van der Waals surface area contributed by atoms with Crippen LogP contribution in [0.4, 0.5) is 10.1 Å². The summed E-state index contributed by atoms with van der Waals surface area (Å²) < 4.78 is 17.8. The van der Waals surface area contributed by atoms with Crippen molar-refractivity contribution in [3.63, 3.8) is 0 Å². The molecule has 0 aliphatic carbocycles. The number of benzene rings is 2. The monoisotopic (exact) mass is 245 g/mol. The number of hydrogen-bond donors (Lipinski definition) is 1. The molecule has 0 atom stereocenters. The average Bonchev–Trinajstić information content (AvgIpc) is 2.38. The van der Waals surface area contributed by atoms with Gasteiger partial charge in [0.05, 0.1) is 5.56 Å². The van der Waals surface area contributed by atoms with Gasteiger partial charge in [0.1, 0.15) is 12.4 Å². The predicted molar refractivity (Wildman–Crippen MR) is 66.4 cm³/mol. The highest BCUT2D eigenvalue weighted by atomic mass is 19.1. The fourth-order valence-corrected chi connectivity index (χ4v) is 1.49. The molecule has 0 fully saturated rings. The first-order valence-electron chi connectivity index (χ1n) is 5.43. The number of halogens is 1. The molecule has 0 bridgehead atoms. The number of nitrogens with two attached hydrogens (primary N) is 1. The minimum absolute atomic E-state index is 0.0907. The lowest BCUT2D eigenvalue weighted by Gasteiger charge is -2.06. The van der Waals surface area contributed by atoms with Gasteiger partial charge in [0.15, 0.2) is 0 Å². The van der Waals surface area contributed by atoms with Crippen molar-refractivity contribution in [1.29, 1.82) is 0 Å². The van der Waals surface area contributed by atoms with Crippen LogP contribution >= 0.6 is 0 Å². The van der Waals surface area contributed by atoms with Gasteiger partial charge in [-0.1, -0.05) is 24.3 Å². The zero-order valence-electron chi connectivity index (χ0n) is 9.60. The van der Waals surface area contributed by atoms with Gasteiger partial charge in [0.2, 0.25) is 0 Å². The van der Waals surface area contributed by atoms with Gasteiger partial charge in [0.25, 0.3) is 0 Å². The Morgan fingerprint density at radius 1 is 1.11 bits per heavy atom. The quantitative estimate of drug-likeness (QED) is 0.668. The molecule has 2 aromatic rings. The molecule has 0 aliphatic rings. The lowest BCUT2D eigenvalue weighted by Crippen LogP contribution is -2.08. The number of para-hydroxylation sites is 1. The van der Waals surface area contributed by atoms with E-state index in [2.05, 4.69) is 0 Å². The first-order valence-corrected chi connectivity index (χ1v) is 5.43. The highest BCUT2D eigenvalue weighted by Gasteiger charge is 2.10. The van der Waals surface area contributed by atoms with Crippen LogP contribution in [-0.4, -0.2) is 5.97 Å². The van der Waals surface area contributed by atoms with Gasteiger partial charge >= 0.3 is 5.97 Å². The van der Waals surface area contributed by atoms with E-state index in [1.54, 1.807) is 36.4 Å². The summed E-state index contributed by atoms with van der Waals surface area (Å²) in [5.41, 5.74) is 7.09. The summed E-state index contributed by atoms with van der Waals surface area (Å²) in [7, 11) is 0. The van der Waals surface area contributed by atoms with Crippen LogP contribution in [-0.2, 0) is 11.3 Å². The number of ether oxygens (including phenoxy) is 1. The zero-order chi connectivity index (χ0) is 13.0. The standard InChI is InChI=1S/C14H12FNO2/c15-11-7-5-10(6-8-11)9-18-14(17)12-3-1-2-4-13(12)16/h1-8H,9,16H2. The molecule has 92 valence electrons. The molecule has 2 rings (SSSR count). The molecule has 2 N–H and O–H groups in total. The summed E-state index contributed by atoms with van der Waals surface area (Å²) in [5.74, 6) is -0.810. The van der Waals surface area contributed by atoms with Gasteiger partial charge in [-0.25, -0.2) is 9.18 Å². The molecular formula is C14H12FNO2. The number of nitrogen functional groups attached to an aromatic ring is 1. The number of hydrogen-bond acceptors (Lipinski definition) is 3. The van der Waals surface area contributed by atoms with Crippen LogP contribution in [0.25, 0.3) is 0 Å². The van der Waals surface area contributed by atoms with E-state index < -0.39 is 5.97 Å². The van der Waals surface area contributed by atoms with Crippen LogP contribution in [0.2, 0.25) is 0 Å². The van der Waals surface area contributed by atoms with Gasteiger partial charge in [-0.2, -0.15) is 0 Å². The second-order valence-electron chi connectivity index (χ2n) is 3.79. The van der Waals surface area contributed by atoms with Crippen molar-refractivity contribution >= 4 is 11.7 Å². The van der Waals surface area contributed by atoms with Crippen LogP contribution in [0.15, 0.2) is 48.5 Å². The third-order valence-electron chi connectivity index (χ3n) is 2.46. The Bertz CT molecular complexity index is 552. The number of anilines is 1. The largest absolute Gasteiger partial charge is 0.457 e. The number of rotatable bonds is 3. The molecule has 4 heteroatoms. The topological polar surface area (TPSA) is 52.3 Å². The first-order chi connectivity index (χ1) is 8.66. The molecule has 0 aromatic heterocycles. The van der Waals surface area contributed by atoms with Crippen molar-refractivity contribution in [2.75, 3.05) is 5.73 Å². The van der Waals surface area contributed by atoms with E-state index in [0.717, 1.165) is 5.56 Å². The van der Waals surface area contributed by atoms with Crippen molar-refractivity contribution in [2.24, 2.45) is 0 Å². The van der Waals surface area contributed by atoms with Gasteiger partial charge in [-0.05, 0) is 29.8 Å². The Balaban J connectivity index is 2.01. The maximum absolute atomic E-state index is 12.7. The number of esters is 1. The Morgan fingerprint density at radius 3 is 2.44 bits per heavy atom. The van der Waals surface area contributed by atoms with E-state index >= 15 is 0 Å². The van der Waals surface area contributed by atoms with Crippen molar-refractivity contribution < 1.29 is 13.9 Å². The molecule has 2 aromatic carbocycles. The molecule has 0 heterocycles. The van der Waals surface area contributed by atoms with E-state index in [0.29, 0.717) is 11.3 Å². The maximum atomic E-state index is 12.7. The van der Waals surface area contributed by atoms with Crippen LogP contribution in [0, 0.1) is 5.82 Å². The summed E-state index contributed by atoms with van der Waals surface area (Å²) in [4.78, 5) is 11.7. The fraction of sp³-hybridized carbons (Fsp3) is 0.0714. The Labute approximate surface area is 104 Å². The third-order valence-corrected chi connectivity index (χ3v) is 2.46. The van der Waals surface area contributed by atoms with Crippen LogP contribution in [0.3, 0.4) is 0 Å². The molecule has 0 saturated heterocycles. The van der Waals surface area contributed by atoms with Gasteiger partial charge in [0, 0.05) is 5.69 Å². The van der Waals surface area contributed by atoms with E-state index in [1.807, 2.05) is 0 Å². The van der Waals surface area contributed by atoms with E-state index in [4.69, 9.17) is 10.5 Å². The molecule has 0 unspecified atom stereocenters. The van der Waals surface area contributed by atoms with E-state index in [9.17, 15) is 9.18 Å². The summed E-state index contributed by atoms with van der Waals surface area (Å²) in [5, 5.41) is 0. The molecule has 0 radical (unpaired) electrons. The molecule has 18 heavy (non-hydrogen) atoms.